The number of esters is 1. The maximum atomic E-state index is 12.4. The lowest BCUT2D eigenvalue weighted by Crippen LogP contribution is -2.41. The molecule has 1 heterocycles. The first kappa shape index (κ1) is 12.2. The molecule has 0 unspecified atom stereocenters. The standard InChI is InChI=1S/C8H11F2NO3S/c1-14-8(13)4-3-15-5(7(9)10)2-6(12)11-4/h4-5,7H,2-3H2,1H3,(H,11,12)/t4-,5+/m0/s1. The molecule has 1 saturated heterocycles. The predicted molar refractivity (Wildman–Crippen MR) is 50.8 cm³/mol. The van der Waals surface area contributed by atoms with Gasteiger partial charge in [0.05, 0.1) is 12.4 Å². The zero-order chi connectivity index (χ0) is 11.4. The molecule has 0 aromatic carbocycles. The van der Waals surface area contributed by atoms with E-state index in [4.69, 9.17) is 0 Å². The van der Waals surface area contributed by atoms with E-state index in [0.29, 0.717) is 0 Å². The number of hydrogen-bond acceptors (Lipinski definition) is 4. The summed E-state index contributed by atoms with van der Waals surface area (Å²) in [4.78, 5) is 22.3. The molecule has 0 bridgehead atoms. The van der Waals surface area contributed by atoms with Crippen LogP contribution >= 0.6 is 11.8 Å². The third kappa shape index (κ3) is 3.33. The number of carbonyl (C=O) groups is 2. The normalized spacial score (nSPS) is 27.1. The molecule has 0 aromatic heterocycles. The summed E-state index contributed by atoms with van der Waals surface area (Å²) in [5, 5.41) is 1.30. The smallest absolute Gasteiger partial charge is 0.329 e. The van der Waals surface area contributed by atoms with Crippen LogP contribution in [0.1, 0.15) is 6.42 Å². The molecule has 1 aliphatic rings. The highest BCUT2D eigenvalue weighted by Gasteiger charge is 2.32. The van der Waals surface area contributed by atoms with Gasteiger partial charge in [0.2, 0.25) is 5.91 Å². The van der Waals surface area contributed by atoms with Crippen LogP contribution in [0.3, 0.4) is 0 Å². The Labute approximate surface area is 89.7 Å². The summed E-state index contributed by atoms with van der Waals surface area (Å²) in [6.45, 7) is 0. The van der Waals surface area contributed by atoms with Gasteiger partial charge in [-0.1, -0.05) is 0 Å². The minimum atomic E-state index is -2.56. The quantitative estimate of drug-likeness (QED) is 0.709. The highest BCUT2D eigenvalue weighted by Crippen LogP contribution is 2.25. The van der Waals surface area contributed by atoms with Crippen molar-refractivity contribution in [3.05, 3.63) is 0 Å². The maximum absolute atomic E-state index is 12.4. The van der Waals surface area contributed by atoms with E-state index in [1.807, 2.05) is 0 Å². The monoisotopic (exact) mass is 239 g/mol. The van der Waals surface area contributed by atoms with E-state index in [-0.39, 0.29) is 12.2 Å². The molecule has 1 amide bonds. The molecular weight excluding hydrogens is 228 g/mol. The molecule has 0 aliphatic carbocycles. The van der Waals surface area contributed by atoms with Crippen LogP contribution in [0.2, 0.25) is 0 Å². The number of halogens is 2. The number of rotatable bonds is 2. The van der Waals surface area contributed by atoms with Gasteiger partial charge in [-0.3, -0.25) is 4.79 Å². The van der Waals surface area contributed by atoms with Crippen molar-refractivity contribution in [3.8, 4) is 0 Å². The fourth-order valence-corrected chi connectivity index (χ4v) is 2.26. The summed E-state index contributed by atoms with van der Waals surface area (Å²) in [5.74, 6) is -1.03. The zero-order valence-corrected chi connectivity index (χ0v) is 8.85. The van der Waals surface area contributed by atoms with Crippen molar-refractivity contribution in [1.82, 2.24) is 5.32 Å². The number of alkyl halides is 2. The van der Waals surface area contributed by atoms with E-state index in [9.17, 15) is 18.4 Å². The van der Waals surface area contributed by atoms with Crippen LogP contribution in [0.25, 0.3) is 0 Å². The Balaban J connectivity index is 2.62. The minimum Gasteiger partial charge on any atom is -0.467 e. The van der Waals surface area contributed by atoms with E-state index >= 15 is 0 Å². The van der Waals surface area contributed by atoms with E-state index in [2.05, 4.69) is 10.1 Å². The largest absolute Gasteiger partial charge is 0.467 e. The first-order valence-electron chi connectivity index (χ1n) is 4.31. The highest BCUT2D eigenvalue weighted by atomic mass is 32.2. The van der Waals surface area contributed by atoms with Crippen molar-refractivity contribution in [2.24, 2.45) is 0 Å². The third-order valence-corrected chi connectivity index (χ3v) is 3.29. The number of carbonyl (C=O) groups excluding carboxylic acids is 2. The van der Waals surface area contributed by atoms with E-state index in [1.54, 1.807) is 0 Å². The van der Waals surface area contributed by atoms with Gasteiger partial charge in [-0.25, -0.2) is 13.6 Å². The maximum Gasteiger partial charge on any atom is 0.329 e. The van der Waals surface area contributed by atoms with Gasteiger partial charge in [-0.15, -0.1) is 11.8 Å². The molecule has 86 valence electrons. The Hall–Kier alpha value is -0.850. The molecule has 1 rings (SSSR count). The van der Waals surface area contributed by atoms with Crippen molar-refractivity contribution in [1.29, 1.82) is 0 Å². The van der Waals surface area contributed by atoms with Crippen LogP contribution in [0.5, 0.6) is 0 Å². The SMILES string of the molecule is COC(=O)[C@@H]1CS[C@@H](C(F)F)CC(=O)N1. The molecule has 1 N–H and O–H groups in total. The molecular formula is C8H11F2NO3S. The third-order valence-electron chi connectivity index (χ3n) is 1.97. The van der Waals surface area contributed by atoms with Crippen LogP contribution in [0, 0.1) is 0 Å². The second kappa shape index (κ2) is 5.29. The lowest BCUT2D eigenvalue weighted by Gasteiger charge is -2.12. The first-order chi connectivity index (χ1) is 7.04. The molecule has 1 aliphatic heterocycles. The van der Waals surface area contributed by atoms with Crippen molar-refractivity contribution >= 4 is 23.6 Å². The molecule has 1 fully saturated rings. The molecule has 0 spiro atoms. The van der Waals surface area contributed by atoms with Gasteiger partial charge >= 0.3 is 5.97 Å². The number of nitrogens with one attached hydrogen (secondary N) is 1. The number of thioether (sulfide) groups is 1. The van der Waals surface area contributed by atoms with Crippen molar-refractivity contribution in [2.75, 3.05) is 12.9 Å². The summed E-state index contributed by atoms with van der Waals surface area (Å²) < 4.78 is 29.2. The molecule has 4 nitrogen and oxygen atoms in total. The van der Waals surface area contributed by atoms with Gasteiger partial charge in [0, 0.05) is 12.2 Å². The second-order valence-electron chi connectivity index (χ2n) is 3.05. The average molecular weight is 239 g/mol. The molecule has 0 radical (unpaired) electrons. The highest BCUT2D eigenvalue weighted by molar-refractivity contribution is 8.00. The van der Waals surface area contributed by atoms with Crippen LogP contribution in [-0.2, 0) is 14.3 Å². The van der Waals surface area contributed by atoms with Crippen molar-refractivity contribution < 1.29 is 23.1 Å². The fourth-order valence-electron chi connectivity index (χ4n) is 1.19. The Bertz CT molecular complexity index is 262. The van der Waals surface area contributed by atoms with Crippen molar-refractivity contribution in [3.63, 3.8) is 0 Å². The van der Waals surface area contributed by atoms with Crippen LogP contribution in [-0.4, -0.2) is 42.5 Å². The molecule has 7 heteroatoms. The van der Waals surface area contributed by atoms with Crippen LogP contribution in [0.15, 0.2) is 0 Å². The summed E-state index contributed by atoms with van der Waals surface area (Å²) in [7, 11) is 1.19. The van der Waals surface area contributed by atoms with E-state index in [0.717, 1.165) is 11.8 Å². The summed E-state index contributed by atoms with van der Waals surface area (Å²) >= 11 is 0.914. The topological polar surface area (TPSA) is 55.4 Å². The Morgan fingerprint density at radius 3 is 2.87 bits per heavy atom. The van der Waals surface area contributed by atoms with Crippen LogP contribution < -0.4 is 5.32 Å². The summed E-state index contributed by atoms with van der Waals surface area (Å²) in [6.07, 6.45) is -2.83. The average Bonchev–Trinajstić information content (AvgIpc) is 2.38. The summed E-state index contributed by atoms with van der Waals surface area (Å²) in [6, 6.07) is -0.823. The molecule has 15 heavy (non-hydrogen) atoms. The van der Waals surface area contributed by atoms with Gasteiger partial charge < -0.3 is 10.1 Å². The summed E-state index contributed by atoms with van der Waals surface area (Å²) in [5.41, 5.74) is 0. The molecule has 0 saturated carbocycles. The Kier molecular flexibility index (Phi) is 4.31. The van der Waals surface area contributed by atoms with Gasteiger partial charge in [0.25, 0.3) is 6.43 Å². The lowest BCUT2D eigenvalue weighted by atomic mass is 10.2. The minimum absolute atomic E-state index is 0.118. The van der Waals surface area contributed by atoms with Crippen molar-refractivity contribution in [2.45, 2.75) is 24.1 Å². The van der Waals surface area contributed by atoms with Gasteiger partial charge in [-0.2, -0.15) is 0 Å². The number of amides is 1. The predicted octanol–water partition coefficient (Wildman–Crippen LogP) is 0.415. The number of ether oxygens (including phenoxy) is 1. The number of methoxy groups -OCH3 is 1. The molecule has 0 aromatic rings. The fraction of sp³-hybridized carbons (Fsp3) is 0.750. The Morgan fingerprint density at radius 1 is 1.67 bits per heavy atom. The zero-order valence-electron chi connectivity index (χ0n) is 8.04. The van der Waals surface area contributed by atoms with E-state index < -0.39 is 29.6 Å². The first-order valence-corrected chi connectivity index (χ1v) is 5.36. The molecule has 2 atom stereocenters. The van der Waals surface area contributed by atoms with Gasteiger partial charge in [0.15, 0.2) is 0 Å². The van der Waals surface area contributed by atoms with Gasteiger partial charge in [-0.05, 0) is 0 Å². The van der Waals surface area contributed by atoms with E-state index in [1.165, 1.54) is 7.11 Å². The lowest BCUT2D eigenvalue weighted by molar-refractivity contribution is -0.144. The second-order valence-corrected chi connectivity index (χ2v) is 4.33. The Morgan fingerprint density at radius 2 is 2.33 bits per heavy atom. The number of hydrogen-bond donors (Lipinski definition) is 1. The van der Waals surface area contributed by atoms with Gasteiger partial charge in [0.1, 0.15) is 6.04 Å². The van der Waals surface area contributed by atoms with Crippen LogP contribution in [0.4, 0.5) is 8.78 Å².